The van der Waals surface area contributed by atoms with E-state index in [1.54, 1.807) is 16.7 Å². The van der Waals surface area contributed by atoms with E-state index in [0.29, 0.717) is 0 Å². The number of thioether (sulfide) groups is 1. The van der Waals surface area contributed by atoms with Crippen LogP contribution in [0.1, 0.15) is 25.8 Å². The first-order valence-electron chi connectivity index (χ1n) is 6.76. The Bertz CT molecular complexity index is 491. The van der Waals surface area contributed by atoms with E-state index in [4.69, 9.17) is 5.11 Å². The van der Waals surface area contributed by atoms with Gasteiger partial charge in [0.1, 0.15) is 0 Å². The second-order valence-electron chi connectivity index (χ2n) is 5.19. The number of hydrogen-bond donors (Lipinski definition) is 1. The molecule has 1 atom stereocenters. The SMILES string of the molecule is CC(C)N(CCC(=O)O)C(=O)C1Cc2ccccc2S1. The summed E-state index contributed by atoms with van der Waals surface area (Å²) < 4.78 is 0. The molecule has 1 N–H and O–H groups in total. The van der Waals surface area contributed by atoms with Crippen molar-refractivity contribution < 1.29 is 14.7 Å². The first kappa shape index (κ1) is 14.9. The highest BCUT2D eigenvalue weighted by Crippen LogP contribution is 2.37. The zero-order chi connectivity index (χ0) is 14.7. The van der Waals surface area contributed by atoms with E-state index in [2.05, 4.69) is 0 Å². The van der Waals surface area contributed by atoms with Gasteiger partial charge in [0.05, 0.1) is 11.7 Å². The molecule has 0 spiro atoms. The van der Waals surface area contributed by atoms with E-state index < -0.39 is 5.97 Å². The van der Waals surface area contributed by atoms with Crippen LogP contribution in [0.2, 0.25) is 0 Å². The molecule has 1 aromatic rings. The Hall–Kier alpha value is -1.49. The third kappa shape index (κ3) is 3.33. The first-order valence-corrected chi connectivity index (χ1v) is 7.64. The largest absolute Gasteiger partial charge is 0.481 e. The van der Waals surface area contributed by atoms with Gasteiger partial charge in [0.2, 0.25) is 5.91 Å². The van der Waals surface area contributed by atoms with Crippen LogP contribution in [0.25, 0.3) is 0 Å². The fraction of sp³-hybridized carbons (Fsp3) is 0.467. The molecular formula is C15H19NO3S. The number of carbonyl (C=O) groups is 2. The van der Waals surface area contributed by atoms with E-state index in [0.717, 1.165) is 11.3 Å². The van der Waals surface area contributed by atoms with Crippen LogP contribution in [0.4, 0.5) is 0 Å². The van der Waals surface area contributed by atoms with E-state index in [9.17, 15) is 9.59 Å². The average molecular weight is 293 g/mol. The summed E-state index contributed by atoms with van der Waals surface area (Å²) in [7, 11) is 0. The predicted molar refractivity (Wildman–Crippen MR) is 78.9 cm³/mol. The maximum Gasteiger partial charge on any atom is 0.305 e. The van der Waals surface area contributed by atoms with Crippen molar-refractivity contribution in [2.24, 2.45) is 0 Å². The lowest BCUT2D eigenvalue weighted by Gasteiger charge is -2.28. The molecule has 0 saturated carbocycles. The number of nitrogens with zero attached hydrogens (tertiary/aromatic N) is 1. The van der Waals surface area contributed by atoms with Crippen molar-refractivity contribution in [2.45, 2.75) is 42.9 Å². The van der Waals surface area contributed by atoms with Crippen molar-refractivity contribution in [1.29, 1.82) is 0 Å². The predicted octanol–water partition coefficient (Wildman–Crippen LogP) is 2.42. The highest BCUT2D eigenvalue weighted by molar-refractivity contribution is 8.01. The number of rotatable bonds is 5. The van der Waals surface area contributed by atoms with Crippen molar-refractivity contribution in [3.63, 3.8) is 0 Å². The van der Waals surface area contributed by atoms with Crippen molar-refractivity contribution in [3.8, 4) is 0 Å². The van der Waals surface area contributed by atoms with Gasteiger partial charge < -0.3 is 10.0 Å². The van der Waals surface area contributed by atoms with Gasteiger partial charge in [-0.3, -0.25) is 9.59 Å². The average Bonchev–Trinajstić information content (AvgIpc) is 2.81. The highest BCUT2D eigenvalue weighted by Gasteiger charge is 2.32. The Morgan fingerprint density at radius 3 is 2.70 bits per heavy atom. The van der Waals surface area contributed by atoms with Crippen LogP contribution >= 0.6 is 11.8 Å². The smallest absolute Gasteiger partial charge is 0.305 e. The van der Waals surface area contributed by atoms with E-state index in [1.807, 2.05) is 38.1 Å². The van der Waals surface area contributed by atoms with Gasteiger partial charge in [-0.15, -0.1) is 11.8 Å². The number of fused-ring (bicyclic) bond motifs is 1. The van der Waals surface area contributed by atoms with E-state index >= 15 is 0 Å². The number of carbonyl (C=O) groups excluding carboxylic acids is 1. The fourth-order valence-corrected chi connectivity index (χ4v) is 3.61. The third-order valence-corrected chi connectivity index (χ3v) is 4.70. The molecule has 1 aliphatic rings. The standard InChI is InChI=1S/C15H19NO3S/c1-10(2)16(8-7-14(17)18)15(19)13-9-11-5-3-4-6-12(11)20-13/h3-6,10,13H,7-9H2,1-2H3,(H,17,18). The van der Waals surface area contributed by atoms with Gasteiger partial charge in [0, 0.05) is 17.5 Å². The van der Waals surface area contributed by atoms with E-state index in [-0.39, 0.29) is 30.2 Å². The monoisotopic (exact) mass is 293 g/mol. The molecule has 1 aromatic carbocycles. The molecule has 0 radical (unpaired) electrons. The Balaban J connectivity index is 2.04. The second-order valence-corrected chi connectivity index (χ2v) is 6.43. The van der Waals surface area contributed by atoms with Gasteiger partial charge in [-0.1, -0.05) is 18.2 Å². The van der Waals surface area contributed by atoms with Crippen LogP contribution in [-0.2, 0) is 16.0 Å². The minimum absolute atomic E-state index is 0.00570. The van der Waals surface area contributed by atoms with E-state index in [1.165, 1.54) is 5.56 Å². The first-order chi connectivity index (χ1) is 9.49. The summed E-state index contributed by atoms with van der Waals surface area (Å²) in [4.78, 5) is 26.1. The molecule has 1 amide bonds. The van der Waals surface area contributed by atoms with Crippen LogP contribution in [0.3, 0.4) is 0 Å². The molecule has 2 rings (SSSR count). The van der Waals surface area contributed by atoms with Crippen molar-refractivity contribution in [1.82, 2.24) is 4.90 Å². The maximum atomic E-state index is 12.6. The summed E-state index contributed by atoms with van der Waals surface area (Å²) >= 11 is 1.59. The minimum Gasteiger partial charge on any atom is -0.481 e. The molecule has 1 aliphatic heterocycles. The number of aliphatic carboxylic acids is 1. The summed E-state index contributed by atoms with van der Waals surface area (Å²) in [5.74, 6) is -0.826. The zero-order valence-electron chi connectivity index (χ0n) is 11.7. The molecule has 0 saturated heterocycles. The molecule has 0 aliphatic carbocycles. The number of amides is 1. The Labute approximate surface area is 123 Å². The van der Waals surface area contributed by atoms with Crippen LogP contribution < -0.4 is 0 Å². The number of hydrogen-bond acceptors (Lipinski definition) is 3. The molecular weight excluding hydrogens is 274 g/mol. The van der Waals surface area contributed by atoms with Crippen molar-refractivity contribution in [3.05, 3.63) is 29.8 Å². The maximum absolute atomic E-state index is 12.6. The van der Waals surface area contributed by atoms with Crippen LogP contribution in [0, 0.1) is 0 Å². The van der Waals surface area contributed by atoms with Gasteiger partial charge in [0.25, 0.3) is 0 Å². The van der Waals surface area contributed by atoms with Gasteiger partial charge >= 0.3 is 5.97 Å². The Kier molecular flexibility index (Phi) is 4.70. The third-order valence-electron chi connectivity index (χ3n) is 3.40. The van der Waals surface area contributed by atoms with Crippen LogP contribution in [-0.4, -0.2) is 39.7 Å². The number of carboxylic acid groups (broad SMARTS) is 1. The van der Waals surface area contributed by atoms with Gasteiger partial charge in [-0.2, -0.15) is 0 Å². The molecule has 4 nitrogen and oxygen atoms in total. The summed E-state index contributed by atoms with van der Waals surface area (Å²) in [5.41, 5.74) is 1.21. The quantitative estimate of drug-likeness (QED) is 0.906. The number of carboxylic acids is 1. The summed E-state index contributed by atoms with van der Waals surface area (Å²) in [6.07, 6.45) is 0.726. The zero-order valence-corrected chi connectivity index (χ0v) is 12.5. The molecule has 0 bridgehead atoms. The van der Waals surface area contributed by atoms with Crippen LogP contribution in [0.15, 0.2) is 29.2 Å². The topological polar surface area (TPSA) is 57.6 Å². The molecule has 5 heteroatoms. The Morgan fingerprint density at radius 2 is 2.10 bits per heavy atom. The lowest BCUT2D eigenvalue weighted by atomic mass is 10.1. The molecule has 1 unspecified atom stereocenters. The van der Waals surface area contributed by atoms with Crippen LogP contribution in [0.5, 0.6) is 0 Å². The molecule has 108 valence electrons. The normalized spacial score (nSPS) is 17.1. The molecule has 0 fully saturated rings. The second kappa shape index (κ2) is 6.31. The lowest BCUT2D eigenvalue weighted by Crippen LogP contribution is -2.43. The highest BCUT2D eigenvalue weighted by atomic mass is 32.2. The summed E-state index contributed by atoms with van der Waals surface area (Å²) in [6.45, 7) is 4.12. The summed E-state index contributed by atoms with van der Waals surface area (Å²) in [5, 5.41) is 8.67. The van der Waals surface area contributed by atoms with Crippen molar-refractivity contribution in [2.75, 3.05) is 6.54 Å². The summed E-state index contributed by atoms with van der Waals surface area (Å²) in [6, 6.07) is 8.06. The Morgan fingerprint density at radius 1 is 1.40 bits per heavy atom. The van der Waals surface area contributed by atoms with Crippen molar-refractivity contribution >= 4 is 23.6 Å². The minimum atomic E-state index is -0.870. The lowest BCUT2D eigenvalue weighted by molar-refractivity contribution is -0.139. The number of benzene rings is 1. The molecule has 20 heavy (non-hydrogen) atoms. The molecule has 0 aromatic heterocycles. The fourth-order valence-electron chi connectivity index (χ4n) is 2.34. The van der Waals surface area contributed by atoms with Gasteiger partial charge in [-0.25, -0.2) is 0 Å². The molecule has 1 heterocycles. The van der Waals surface area contributed by atoms with Gasteiger partial charge in [-0.05, 0) is 31.9 Å². The van der Waals surface area contributed by atoms with Gasteiger partial charge in [0.15, 0.2) is 0 Å².